The maximum Gasteiger partial charge on any atom is 0.251 e. The minimum Gasteiger partial charge on any atom is -0.491 e. The molecule has 2 aromatic carbocycles. The van der Waals surface area contributed by atoms with Crippen LogP contribution >= 0.6 is 0 Å². The molecule has 0 aromatic heterocycles. The van der Waals surface area contributed by atoms with Gasteiger partial charge in [-0.2, -0.15) is 0 Å². The van der Waals surface area contributed by atoms with Crippen LogP contribution in [0.4, 0.5) is 11.4 Å². The van der Waals surface area contributed by atoms with Gasteiger partial charge in [-0.3, -0.25) is 14.4 Å². The molecule has 3 rings (SSSR count). The molecule has 10 heteroatoms. The fourth-order valence-electron chi connectivity index (χ4n) is 2.84. The van der Waals surface area contributed by atoms with E-state index in [0.29, 0.717) is 28.6 Å². The number of aliphatic hydroxyl groups excluding tert-OH is 1. The van der Waals surface area contributed by atoms with Crippen LogP contribution in [0.2, 0.25) is 0 Å². The molecular weight excluding hydrogens is 406 g/mol. The number of aliphatic hydroxyl groups is 1. The number of hydrogen-bond donors (Lipinski definition) is 4. The highest BCUT2D eigenvalue weighted by Gasteiger charge is 2.16. The summed E-state index contributed by atoms with van der Waals surface area (Å²) in [4.78, 5) is 35.2. The summed E-state index contributed by atoms with van der Waals surface area (Å²) in [6.45, 7) is 2.70. The molecule has 4 N–H and O–H groups in total. The molecule has 1 unspecified atom stereocenters. The lowest BCUT2D eigenvalue weighted by molar-refractivity contribution is -0.115. The Bertz CT molecular complexity index is 959. The lowest BCUT2D eigenvalue weighted by atomic mass is 10.1. The molecule has 1 heterocycles. The molecule has 0 spiro atoms. The molecule has 0 aliphatic carbocycles. The van der Waals surface area contributed by atoms with Gasteiger partial charge in [0.2, 0.25) is 18.6 Å². The molecule has 3 amide bonds. The fraction of sp³-hybridized carbons (Fsp3) is 0.286. The summed E-state index contributed by atoms with van der Waals surface area (Å²) in [5.74, 6) is 0.568. The van der Waals surface area contributed by atoms with E-state index in [1.165, 1.54) is 32.0 Å². The van der Waals surface area contributed by atoms with Crippen LogP contribution in [0.1, 0.15) is 24.2 Å². The number of carbonyl (C=O) groups excluding carboxylic acids is 3. The number of rotatable bonds is 8. The van der Waals surface area contributed by atoms with Crippen molar-refractivity contribution in [1.29, 1.82) is 0 Å². The second-order valence-electron chi connectivity index (χ2n) is 6.85. The number of hydrogen-bond acceptors (Lipinski definition) is 7. The summed E-state index contributed by atoms with van der Waals surface area (Å²) in [5.41, 5.74) is 0.921. The molecule has 31 heavy (non-hydrogen) atoms. The Morgan fingerprint density at radius 3 is 2.29 bits per heavy atom. The monoisotopic (exact) mass is 429 g/mol. The van der Waals surface area contributed by atoms with Crippen molar-refractivity contribution >= 4 is 29.1 Å². The van der Waals surface area contributed by atoms with E-state index in [4.69, 9.17) is 14.2 Å². The lowest BCUT2D eigenvalue weighted by Gasteiger charge is -2.15. The smallest absolute Gasteiger partial charge is 0.251 e. The Hall–Kier alpha value is -3.79. The summed E-state index contributed by atoms with van der Waals surface area (Å²) in [6.07, 6.45) is -0.970. The third-order valence-electron chi connectivity index (χ3n) is 4.12. The SMILES string of the molecule is CC(=O)Nc1cc(NC(C)=O)cc(C(=O)NCC(O)COc2ccc3c(c2)OCO3)c1. The van der Waals surface area contributed by atoms with Gasteiger partial charge in [0.05, 0.1) is 0 Å². The Morgan fingerprint density at radius 1 is 1.00 bits per heavy atom. The topological polar surface area (TPSA) is 135 Å². The molecule has 10 nitrogen and oxygen atoms in total. The van der Waals surface area contributed by atoms with Gasteiger partial charge in [0.1, 0.15) is 18.5 Å². The summed E-state index contributed by atoms with van der Waals surface area (Å²) in [7, 11) is 0. The molecule has 0 saturated carbocycles. The number of amides is 3. The second-order valence-corrected chi connectivity index (χ2v) is 6.85. The minimum atomic E-state index is -0.970. The van der Waals surface area contributed by atoms with Crippen LogP contribution in [0, 0.1) is 0 Å². The zero-order valence-corrected chi connectivity index (χ0v) is 17.1. The molecule has 1 aliphatic rings. The van der Waals surface area contributed by atoms with Gasteiger partial charge in [0.15, 0.2) is 11.5 Å². The van der Waals surface area contributed by atoms with E-state index in [2.05, 4.69) is 16.0 Å². The van der Waals surface area contributed by atoms with Gasteiger partial charge < -0.3 is 35.3 Å². The van der Waals surface area contributed by atoms with E-state index in [1.54, 1.807) is 18.2 Å². The first-order valence-electron chi connectivity index (χ1n) is 9.49. The number of carbonyl (C=O) groups is 3. The molecule has 0 fully saturated rings. The van der Waals surface area contributed by atoms with Gasteiger partial charge in [0.25, 0.3) is 5.91 Å². The summed E-state index contributed by atoms with van der Waals surface area (Å²) < 4.78 is 16.0. The molecule has 1 atom stereocenters. The maximum absolute atomic E-state index is 12.5. The zero-order valence-electron chi connectivity index (χ0n) is 17.1. The minimum absolute atomic E-state index is 0.0526. The van der Waals surface area contributed by atoms with Gasteiger partial charge in [0, 0.05) is 43.4 Å². The van der Waals surface area contributed by atoms with Crippen molar-refractivity contribution in [1.82, 2.24) is 5.32 Å². The number of nitrogens with one attached hydrogen (secondary N) is 3. The van der Waals surface area contributed by atoms with Gasteiger partial charge in [-0.25, -0.2) is 0 Å². The number of ether oxygens (including phenoxy) is 3. The Kier molecular flexibility index (Phi) is 6.93. The molecule has 2 aromatic rings. The Balaban J connectivity index is 1.56. The van der Waals surface area contributed by atoms with Crippen molar-refractivity contribution < 1.29 is 33.7 Å². The van der Waals surface area contributed by atoms with E-state index >= 15 is 0 Å². The molecule has 0 radical (unpaired) electrons. The number of fused-ring (bicyclic) bond motifs is 1. The maximum atomic E-state index is 12.5. The quantitative estimate of drug-likeness (QED) is 0.499. The van der Waals surface area contributed by atoms with Gasteiger partial charge in [-0.1, -0.05) is 0 Å². The van der Waals surface area contributed by atoms with Crippen molar-refractivity contribution in [3.05, 3.63) is 42.0 Å². The van der Waals surface area contributed by atoms with Crippen LogP contribution < -0.4 is 30.2 Å². The first-order valence-corrected chi connectivity index (χ1v) is 9.49. The predicted octanol–water partition coefficient (Wildman–Crippen LogP) is 1.50. The summed E-state index contributed by atoms with van der Waals surface area (Å²) >= 11 is 0. The number of anilines is 2. The first kappa shape index (κ1) is 21.9. The van der Waals surface area contributed by atoms with E-state index in [0.717, 1.165) is 0 Å². The van der Waals surface area contributed by atoms with Crippen LogP contribution in [-0.4, -0.2) is 48.9 Å². The molecule has 164 valence electrons. The first-order chi connectivity index (χ1) is 14.8. The predicted molar refractivity (Wildman–Crippen MR) is 111 cm³/mol. The summed E-state index contributed by atoms with van der Waals surface area (Å²) in [5, 5.41) is 17.9. The van der Waals surface area contributed by atoms with Crippen molar-refractivity contribution in [2.75, 3.05) is 30.6 Å². The average molecular weight is 429 g/mol. The van der Waals surface area contributed by atoms with Crippen molar-refractivity contribution in [3.63, 3.8) is 0 Å². The largest absolute Gasteiger partial charge is 0.491 e. The average Bonchev–Trinajstić information content (AvgIpc) is 3.17. The van der Waals surface area contributed by atoms with Crippen molar-refractivity contribution in [3.8, 4) is 17.2 Å². The highest BCUT2D eigenvalue weighted by Crippen LogP contribution is 2.35. The lowest BCUT2D eigenvalue weighted by Crippen LogP contribution is -2.35. The van der Waals surface area contributed by atoms with E-state index in [9.17, 15) is 19.5 Å². The van der Waals surface area contributed by atoms with E-state index < -0.39 is 12.0 Å². The van der Waals surface area contributed by atoms with Crippen LogP contribution in [0.3, 0.4) is 0 Å². The molecule has 1 aliphatic heterocycles. The van der Waals surface area contributed by atoms with Crippen LogP contribution in [0.25, 0.3) is 0 Å². The fourth-order valence-corrected chi connectivity index (χ4v) is 2.84. The molecule has 0 bridgehead atoms. The highest BCUT2D eigenvalue weighted by molar-refractivity contribution is 5.99. The second kappa shape index (κ2) is 9.81. The van der Waals surface area contributed by atoms with Crippen molar-refractivity contribution in [2.45, 2.75) is 20.0 Å². The normalized spacial score (nSPS) is 12.6. The Labute approximate surface area is 178 Å². The van der Waals surface area contributed by atoms with Gasteiger partial charge >= 0.3 is 0 Å². The van der Waals surface area contributed by atoms with Gasteiger partial charge in [-0.15, -0.1) is 0 Å². The number of benzene rings is 2. The van der Waals surface area contributed by atoms with Crippen LogP contribution in [0.15, 0.2) is 36.4 Å². The third kappa shape index (κ3) is 6.34. The zero-order chi connectivity index (χ0) is 22.4. The van der Waals surface area contributed by atoms with Crippen molar-refractivity contribution in [2.24, 2.45) is 0 Å². The molecule has 0 saturated heterocycles. The van der Waals surface area contributed by atoms with E-state index in [1.807, 2.05) is 0 Å². The molecular formula is C21H23N3O7. The van der Waals surface area contributed by atoms with Crippen LogP contribution in [-0.2, 0) is 9.59 Å². The summed E-state index contributed by atoms with van der Waals surface area (Å²) in [6, 6.07) is 9.53. The van der Waals surface area contributed by atoms with Gasteiger partial charge in [-0.05, 0) is 30.3 Å². The third-order valence-corrected chi connectivity index (χ3v) is 4.12. The van der Waals surface area contributed by atoms with E-state index in [-0.39, 0.29) is 37.3 Å². The van der Waals surface area contributed by atoms with Crippen LogP contribution in [0.5, 0.6) is 17.2 Å². The highest BCUT2D eigenvalue weighted by atomic mass is 16.7. The Morgan fingerprint density at radius 2 is 1.65 bits per heavy atom. The standard InChI is InChI=1S/C21H23N3O7/c1-12(25)23-15-5-14(6-16(7-15)24-13(2)26)21(28)22-9-17(27)10-29-18-3-4-19-20(8-18)31-11-30-19/h3-8,17,27H,9-11H2,1-2H3,(H,22,28)(H,23,25)(H,24,26).